The van der Waals surface area contributed by atoms with Gasteiger partial charge in [0.2, 0.25) is 5.91 Å². The molecule has 0 aromatic carbocycles. The zero-order valence-electron chi connectivity index (χ0n) is 17.3. The van der Waals surface area contributed by atoms with Crippen LogP contribution in [0, 0.1) is 0 Å². The first-order valence-corrected chi connectivity index (χ1v) is 10.6. The molecule has 2 fully saturated rings. The normalized spacial score (nSPS) is 22.5. The molecule has 9 heteroatoms. The first kappa shape index (κ1) is 21.1. The zero-order valence-corrected chi connectivity index (χ0v) is 17.3. The Morgan fingerprint density at radius 2 is 2.07 bits per heavy atom. The smallest absolute Gasteiger partial charge is 0.378 e. The number of rotatable bonds is 5. The molecule has 1 amide bonds. The molecule has 2 saturated heterocycles. The van der Waals surface area contributed by atoms with E-state index in [1.807, 2.05) is 13.8 Å². The molecule has 4 heterocycles. The Hall–Kier alpha value is -2.16. The lowest BCUT2D eigenvalue weighted by atomic mass is 10.1. The molecule has 6 nitrogen and oxygen atoms in total. The average Bonchev–Trinajstić information content (AvgIpc) is 3.43. The van der Waals surface area contributed by atoms with E-state index in [1.165, 1.54) is 0 Å². The molecule has 2 aromatic rings. The lowest BCUT2D eigenvalue weighted by Crippen LogP contribution is -2.31. The minimum Gasteiger partial charge on any atom is -0.378 e. The lowest BCUT2D eigenvalue weighted by molar-refractivity contribution is -0.142. The zero-order chi connectivity index (χ0) is 21.5. The van der Waals surface area contributed by atoms with Crippen molar-refractivity contribution in [3.05, 3.63) is 29.2 Å². The molecule has 4 rings (SSSR count). The van der Waals surface area contributed by atoms with Gasteiger partial charge in [-0.1, -0.05) is 13.8 Å². The minimum absolute atomic E-state index is 0.0110. The van der Waals surface area contributed by atoms with Gasteiger partial charge in [-0.25, -0.2) is 9.50 Å². The number of carbonyl (C=O) groups is 1. The maximum absolute atomic E-state index is 13.6. The topological polar surface area (TPSA) is 59.7 Å². The van der Waals surface area contributed by atoms with Gasteiger partial charge in [0.25, 0.3) is 0 Å². The van der Waals surface area contributed by atoms with Gasteiger partial charge in [-0.2, -0.15) is 18.3 Å². The number of alkyl halides is 3. The lowest BCUT2D eigenvalue weighted by Gasteiger charge is -2.24. The number of hydrogen-bond donors (Lipinski definition) is 0. The highest BCUT2D eigenvalue weighted by atomic mass is 19.4. The summed E-state index contributed by atoms with van der Waals surface area (Å²) in [5.41, 5.74) is 0.174. The third kappa shape index (κ3) is 4.17. The molecule has 0 bridgehead atoms. The summed E-state index contributed by atoms with van der Waals surface area (Å²) in [5, 5.41) is 4.25. The second-order valence-electron chi connectivity index (χ2n) is 8.48. The quantitative estimate of drug-likeness (QED) is 0.709. The van der Waals surface area contributed by atoms with Crippen LogP contribution in [0.3, 0.4) is 0 Å². The van der Waals surface area contributed by atoms with Crippen molar-refractivity contribution in [3.63, 3.8) is 0 Å². The van der Waals surface area contributed by atoms with E-state index in [4.69, 9.17) is 4.74 Å². The third-order valence-electron chi connectivity index (χ3n) is 5.97. The largest absolute Gasteiger partial charge is 0.433 e. The van der Waals surface area contributed by atoms with Crippen molar-refractivity contribution < 1.29 is 22.7 Å². The molecule has 30 heavy (non-hydrogen) atoms. The summed E-state index contributed by atoms with van der Waals surface area (Å²) >= 11 is 0. The number of nitrogens with zero attached hydrogens (tertiary/aromatic N) is 4. The van der Waals surface area contributed by atoms with Crippen molar-refractivity contribution in [2.24, 2.45) is 0 Å². The molecule has 0 radical (unpaired) electrons. The van der Waals surface area contributed by atoms with Crippen LogP contribution in [0.15, 0.2) is 12.1 Å². The molecule has 0 aliphatic carbocycles. The summed E-state index contributed by atoms with van der Waals surface area (Å²) < 4.78 is 47.4. The van der Waals surface area contributed by atoms with Gasteiger partial charge in [0.15, 0.2) is 5.65 Å². The molecule has 2 atom stereocenters. The number of hydrogen-bond acceptors (Lipinski definition) is 4. The summed E-state index contributed by atoms with van der Waals surface area (Å²) in [5.74, 6) is -0.131. The van der Waals surface area contributed by atoms with Gasteiger partial charge in [-0.3, -0.25) is 4.79 Å². The summed E-state index contributed by atoms with van der Waals surface area (Å²) in [6, 6.07) is 2.35. The molecule has 2 aliphatic rings. The van der Waals surface area contributed by atoms with Crippen LogP contribution in [-0.2, 0) is 15.7 Å². The van der Waals surface area contributed by atoms with Crippen LogP contribution in [0.1, 0.15) is 81.4 Å². The van der Waals surface area contributed by atoms with Crippen LogP contribution < -0.4 is 0 Å². The predicted octanol–water partition coefficient (Wildman–Crippen LogP) is 4.49. The Morgan fingerprint density at radius 1 is 1.27 bits per heavy atom. The highest BCUT2D eigenvalue weighted by molar-refractivity contribution is 5.77. The standard InChI is InChI=1S/C21H27F3N4O2/c1-13(2)15-11-18(21(22,23)24)28-19(25-15)12-16(26-28)17-6-3-9-27(17)20(29)8-7-14-5-4-10-30-14/h11-14,17H,3-10H2,1-2H3/t14-,17+/m1/s1. The van der Waals surface area contributed by atoms with E-state index in [9.17, 15) is 18.0 Å². The maximum atomic E-state index is 13.6. The van der Waals surface area contributed by atoms with Gasteiger partial charge in [-0.05, 0) is 44.1 Å². The van der Waals surface area contributed by atoms with E-state index in [1.54, 1.807) is 11.0 Å². The Bertz CT molecular complexity index is 919. The minimum atomic E-state index is -4.54. The Balaban J connectivity index is 1.60. The molecule has 0 spiro atoms. The molecular weight excluding hydrogens is 397 g/mol. The number of ether oxygens (including phenoxy) is 1. The molecule has 0 saturated carbocycles. The summed E-state index contributed by atoms with van der Waals surface area (Å²) in [4.78, 5) is 18.9. The summed E-state index contributed by atoms with van der Waals surface area (Å²) in [7, 11) is 0. The van der Waals surface area contributed by atoms with Gasteiger partial charge in [0, 0.05) is 31.3 Å². The number of amides is 1. The number of halogens is 3. The molecule has 2 aliphatic heterocycles. The van der Waals surface area contributed by atoms with Crippen LogP contribution in [-0.4, -0.2) is 44.7 Å². The maximum Gasteiger partial charge on any atom is 0.433 e. The fraction of sp³-hybridized carbons (Fsp3) is 0.667. The number of carbonyl (C=O) groups excluding carboxylic acids is 1. The Morgan fingerprint density at radius 3 is 2.73 bits per heavy atom. The third-order valence-corrected chi connectivity index (χ3v) is 5.97. The second kappa shape index (κ2) is 8.17. The molecule has 0 unspecified atom stereocenters. The van der Waals surface area contributed by atoms with E-state index in [2.05, 4.69) is 10.1 Å². The van der Waals surface area contributed by atoms with Crippen LogP contribution >= 0.6 is 0 Å². The monoisotopic (exact) mass is 424 g/mol. The molecule has 2 aromatic heterocycles. The van der Waals surface area contributed by atoms with Crippen LogP contribution in [0.2, 0.25) is 0 Å². The van der Waals surface area contributed by atoms with E-state index >= 15 is 0 Å². The Labute approximate surface area is 173 Å². The highest BCUT2D eigenvalue weighted by Crippen LogP contribution is 2.35. The predicted molar refractivity (Wildman–Crippen MR) is 104 cm³/mol. The van der Waals surface area contributed by atoms with E-state index in [-0.39, 0.29) is 29.6 Å². The van der Waals surface area contributed by atoms with Crippen LogP contribution in [0.25, 0.3) is 5.65 Å². The summed E-state index contributed by atoms with van der Waals surface area (Å²) in [6.07, 6.45) is 0.170. The van der Waals surface area contributed by atoms with E-state index < -0.39 is 11.9 Å². The van der Waals surface area contributed by atoms with Gasteiger partial charge >= 0.3 is 6.18 Å². The van der Waals surface area contributed by atoms with Crippen LogP contribution in [0.4, 0.5) is 13.2 Å². The average molecular weight is 424 g/mol. The first-order chi connectivity index (χ1) is 14.2. The van der Waals surface area contributed by atoms with Crippen molar-refractivity contribution in [1.29, 1.82) is 0 Å². The molecular formula is C21H27F3N4O2. The fourth-order valence-corrected chi connectivity index (χ4v) is 4.34. The van der Waals surface area contributed by atoms with Crippen molar-refractivity contribution >= 4 is 11.6 Å². The molecule has 0 N–H and O–H groups in total. The van der Waals surface area contributed by atoms with Gasteiger partial charge in [0.1, 0.15) is 5.69 Å². The van der Waals surface area contributed by atoms with Gasteiger partial charge in [0.05, 0.1) is 17.8 Å². The van der Waals surface area contributed by atoms with E-state index in [0.29, 0.717) is 37.2 Å². The Kier molecular flexibility index (Phi) is 5.74. The van der Waals surface area contributed by atoms with Gasteiger partial charge in [-0.15, -0.1) is 0 Å². The second-order valence-corrected chi connectivity index (χ2v) is 8.48. The highest BCUT2D eigenvalue weighted by Gasteiger charge is 2.37. The first-order valence-electron chi connectivity index (χ1n) is 10.6. The number of fused-ring (bicyclic) bond motifs is 1. The van der Waals surface area contributed by atoms with Crippen molar-refractivity contribution in [3.8, 4) is 0 Å². The van der Waals surface area contributed by atoms with Crippen molar-refractivity contribution in [1.82, 2.24) is 19.5 Å². The summed E-state index contributed by atoms with van der Waals surface area (Å²) in [6.45, 7) is 4.96. The van der Waals surface area contributed by atoms with E-state index in [0.717, 1.165) is 36.5 Å². The number of likely N-dealkylation sites (tertiary alicyclic amines) is 1. The van der Waals surface area contributed by atoms with Gasteiger partial charge < -0.3 is 9.64 Å². The molecule has 164 valence electrons. The van der Waals surface area contributed by atoms with Crippen LogP contribution in [0.5, 0.6) is 0 Å². The van der Waals surface area contributed by atoms with Crippen molar-refractivity contribution in [2.45, 2.75) is 76.6 Å². The fourth-order valence-electron chi connectivity index (χ4n) is 4.34. The SMILES string of the molecule is CC(C)c1cc(C(F)(F)F)n2nc([C@@H]3CCCN3C(=O)CC[C@H]3CCCO3)cc2n1. The van der Waals surface area contributed by atoms with Crippen molar-refractivity contribution in [2.75, 3.05) is 13.2 Å². The number of aromatic nitrogens is 3.